The summed E-state index contributed by atoms with van der Waals surface area (Å²) in [5.74, 6) is 0.839. The summed E-state index contributed by atoms with van der Waals surface area (Å²) in [4.78, 5) is 2.85. The Bertz CT molecular complexity index is 263. The first-order valence-electron chi connectivity index (χ1n) is 9.04. The normalized spacial score (nSPS) is 23.2. The van der Waals surface area contributed by atoms with Gasteiger partial charge in [0.05, 0.1) is 0 Å². The molecule has 2 aliphatic rings. The summed E-state index contributed by atoms with van der Waals surface area (Å²) in [6, 6.07) is 0.922. The molecule has 0 amide bonds. The third-order valence-corrected chi connectivity index (χ3v) is 5.31. The van der Waals surface area contributed by atoms with Crippen LogP contribution in [0.4, 0.5) is 0 Å². The van der Waals surface area contributed by atoms with Crippen molar-refractivity contribution in [3.05, 3.63) is 0 Å². The molecule has 0 heterocycles. The second kappa shape index (κ2) is 7.79. The minimum absolute atomic E-state index is 0.560. The Labute approximate surface area is 126 Å². The molecule has 20 heavy (non-hydrogen) atoms. The highest BCUT2D eigenvalue weighted by Gasteiger charge is 2.37. The van der Waals surface area contributed by atoms with Crippen LogP contribution in [0, 0.1) is 11.3 Å². The average molecular weight is 280 g/mol. The first kappa shape index (κ1) is 16.3. The molecule has 0 spiro atoms. The van der Waals surface area contributed by atoms with Crippen LogP contribution in [0.15, 0.2) is 0 Å². The fraction of sp³-hybridized carbons (Fsp3) is 1.00. The Balaban J connectivity index is 1.95. The van der Waals surface area contributed by atoms with Crippen molar-refractivity contribution < 1.29 is 0 Å². The van der Waals surface area contributed by atoms with Crippen molar-refractivity contribution in [1.82, 2.24) is 10.2 Å². The summed E-state index contributed by atoms with van der Waals surface area (Å²) in [5.41, 5.74) is 0.560. The van der Waals surface area contributed by atoms with Crippen LogP contribution in [-0.4, -0.2) is 37.6 Å². The van der Waals surface area contributed by atoms with Gasteiger partial charge in [0, 0.05) is 19.1 Å². The molecule has 2 aliphatic carbocycles. The molecule has 0 aliphatic heterocycles. The van der Waals surface area contributed by atoms with Crippen molar-refractivity contribution in [2.45, 2.75) is 77.7 Å². The highest BCUT2D eigenvalue weighted by molar-refractivity contribution is 4.92. The molecular weight excluding hydrogens is 244 g/mol. The van der Waals surface area contributed by atoms with Gasteiger partial charge in [0.25, 0.3) is 0 Å². The SMILES string of the molecule is CNCC1(CN(CCC(C)C)C2CC2)CCCCCC1. The lowest BCUT2D eigenvalue weighted by atomic mass is 9.79. The zero-order valence-corrected chi connectivity index (χ0v) is 14.1. The molecule has 118 valence electrons. The van der Waals surface area contributed by atoms with Crippen LogP contribution in [0.1, 0.15) is 71.6 Å². The lowest BCUT2D eigenvalue weighted by Crippen LogP contribution is -2.44. The van der Waals surface area contributed by atoms with Gasteiger partial charge < -0.3 is 5.32 Å². The molecule has 0 aromatic rings. The fourth-order valence-corrected chi connectivity index (χ4v) is 3.93. The molecule has 0 aromatic carbocycles. The Hall–Kier alpha value is -0.0800. The van der Waals surface area contributed by atoms with E-state index in [9.17, 15) is 0 Å². The van der Waals surface area contributed by atoms with Gasteiger partial charge in [-0.15, -0.1) is 0 Å². The monoisotopic (exact) mass is 280 g/mol. The van der Waals surface area contributed by atoms with Gasteiger partial charge in [0.1, 0.15) is 0 Å². The van der Waals surface area contributed by atoms with E-state index in [1.165, 1.54) is 77.4 Å². The average Bonchev–Trinajstić information content (AvgIpc) is 3.22. The first-order valence-corrected chi connectivity index (χ1v) is 9.04. The minimum Gasteiger partial charge on any atom is -0.319 e. The summed E-state index contributed by atoms with van der Waals surface area (Å²) in [6.45, 7) is 8.62. The van der Waals surface area contributed by atoms with E-state index in [4.69, 9.17) is 0 Å². The smallest absolute Gasteiger partial charge is 0.00966 e. The zero-order chi connectivity index (χ0) is 14.4. The van der Waals surface area contributed by atoms with Gasteiger partial charge in [0.15, 0.2) is 0 Å². The van der Waals surface area contributed by atoms with Crippen LogP contribution < -0.4 is 5.32 Å². The Kier molecular flexibility index (Phi) is 6.35. The molecule has 0 radical (unpaired) electrons. The van der Waals surface area contributed by atoms with E-state index in [0.29, 0.717) is 5.41 Å². The summed E-state index contributed by atoms with van der Waals surface area (Å²) < 4.78 is 0. The molecule has 0 bridgehead atoms. The van der Waals surface area contributed by atoms with E-state index in [1.807, 2.05) is 0 Å². The molecule has 2 fully saturated rings. The molecule has 2 saturated carbocycles. The van der Waals surface area contributed by atoms with Gasteiger partial charge in [-0.25, -0.2) is 0 Å². The number of nitrogens with zero attached hydrogens (tertiary/aromatic N) is 1. The lowest BCUT2D eigenvalue weighted by Gasteiger charge is -2.38. The van der Waals surface area contributed by atoms with E-state index in [0.717, 1.165) is 12.0 Å². The van der Waals surface area contributed by atoms with Crippen molar-refractivity contribution in [1.29, 1.82) is 0 Å². The second-order valence-corrected chi connectivity index (χ2v) is 7.83. The van der Waals surface area contributed by atoms with Crippen LogP contribution >= 0.6 is 0 Å². The maximum Gasteiger partial charge on any atom is 0.00966 e. The van der Waals surface area contributed by atoms with E-state index < -0.39 is 0 Å². The quantitative estimate of drug-likeness (QED) is 0.675. The van der Waals surface area contributed by atoms with Gasteiger partial charge in [-0.2, -0.15) is 0 Å². The van der Waals surface area contributed by atoms with E-state index in [-0.39, 0.29) is 0 Å². The third-order valence-electron chi connectivity index (χ3n) is 5.31. The summed E-state index contributed by atoms with van der Waals surface area (Å²) >= 11 is 0. The van der Waals surface area contributed by atoms with Crippen LogP contribution in [-0.2, 0) is 0 Å². The Morgan fingerprint density at radius 2 is 1.75 bits per heavy atom. The van der Waals surface area contributed by atoms with Gasteiger partial charge >= 0.3 is 0 Å². The topological polar surface area (TPSA) is 15.3 Å². The van der Waals surface area contributed by atoms with Crippen molar-refractivity contribution >= 4 is 0 Å². The van der Waals surface area contributed by atoms with Crippen LogP contribution in [0.25, 0.3) is 0 Å². The van der Waals surface area contributed by atoms with E-state index >= 15 is 0 Å². The maximum atomic E-state index is 3.51. The molecule has 2 nitrogen and oxygen atoms in total. The van der Waals surface area contributed by atoms with Gasteiger partial charge in [0.2, 0.25) is 0 Å². The Morgan fingerprint density at radius 3 is 2.25 bits per heavy atom. The molecule has 0 aromatic heterocycles. The van der Waals surface area contributed by atoms with Crippen LogP contribution in [0.5, 0.6) is 0 Å². The molecule has 1 N–H and O–H groups in total. The number of rotatable bonds is 8. The molecule has 0 unspecified atom stereocenters. The van der Waals surface area contributed by atoms with E-state index in [1.54, 1.807) is 0 Å². The van der Waals surface area contributed by atoms with Crippen LogP contribution in [0.3, 0.4) is 0 Å². The molecule has 2 heteroatoms. The number of nitrogens with one attached hydrogen (secondary N) is 1. The predicted molar refractivity (Wildman–Crippen MR) is 88.1 cm³/mol. The molecule has 0 saturated heterocycles. The summed E-state index contributed by atoms with van der Waals surface area (Å²) in [5, 5.41) is 3.51. The van der Waals surface area contributed by atoms with Crippen molar-refractivity contribution in [2.75, 3.05) is 26.7 Å². The van der Waals surface area contributed by atoms with Gasteiger partial charge in [-0.1, -0.05) is 39.5 Å². The minimum atomic E-state index is 0.560. The molecule has 2 rings (SSSR count). The second-order valence-electron chi connectivity index (χ2n) is 7.83. The standard InChI is InChI=1S/C18H36N2/c1-16(2)10-13-20(17-8-9-17)15-18(14-19-3)11-6-4-5-7-12-18/h16-17,19H,4-15H2,1-3H3. The van der Waals surface area contributed by atoms with E-state index in [2.05, 4.69) is 31.1 Å². The number of hydrogen-bond acceptors (Lipinski definition) is 2. The molecule has 0 atom stereocenters. The Morgan fingerprint density at radius 1 is 1.10 bits per heavy atom. The maximum absolute atomic E-state index is 3.51. The largest absolute Gasteiger partial charge is 0.319 e. The summed E-state index contributed by atoms with van der Waals surface area (Å²) in [7, 11) is 2.14. The van der Waals surface area contributed by atoms with Crippen molar-refractivity contribution in [2.24, 2.45) is 11.3 Å². The van der Waals surface area contributed by atoms with Gasteiger partial charge in [-0.3, -0.25) is 4.90 Å². The lowest BCUT2D eigenvalue weighted by molar-refractivity contribution is 0.118. The predicted octanol–water partition coefficient (Wildman–Crippen LogP) is 4.06. The molecular formula is C18H36N2. The zero-order valence-electron chi connectivity index (χ0n) is 14.1. The third kappa shape index (κ3) is 5.04. The van der Waals surface area contributed by atoms with Gasteiger partial charge in [-0.05, 0) is 57.0 Å². The summed E-state index contributed by atoms with van der Waals surface area (Å²) in [6.07, 6.45) is 13.0. The first-order chi connectivity index (χ1) is 9.65. The highest BCUT2D eigenvalue weighted by Crippen LogP contribution is 2.38. The van der Waals surface area contributed by atoms with Crippen molar-refractivity contribution in [3.8, 4) is 0 Å². The highest BCUT2D eigenvalue weighted by atomic mass is 15.2. The number of hydrogen-bond donors (Lipinski definition) is 1. The van der Waals surface area contributed by atoms with Crippen LogP contribution in [0.2, 0.25) is 0 Å². The van der Waals surface area contributed by atoms with Crippen molar-refractivity contribution in [3.63, 3.8) is 0 Å². The fourth-order valence-electron chi connectivity index (χ4n) is 3.93.